The maximum atomic E-state index is 11.4. The van der Waals surface area contributed by atoms with Gasteiger partial charge in [-0.2, -0.15) is 0 Å². The van der Waals surface area contributed by atoms with Gasteiger partial charge in [0.2, 0.25) is 5.91 Å². The van der Waals surface area contributed by atoms with Crippen molar-refractivity contribution in [2.24, 2.45) is 0 Å². The Morgan fingerprint density at radius 3 is 2.83 bits per heavy atom. The first-order valence-electron chi connectivity index (χ1n) is 6.00. The lowest BCUT2D eigenvalue weighted by Crippen LogP contribution is -2.34. The number of carbonyl (C=O) groups is 1. The predicted molar refractivity (Wildman–Crippen MR) is 72.7 cm³/mol. The van der Waals surface area contributed by atoms with E-state index in [9.17, 15) is 4.79 Å². The lowest BCUT2D eigenvalue weighted by atomic mass is 10.3. The molecule has 2 N–H and O–H groups in total. The van der Waals surface area contributed by atoms with Crippen molar-refractivity contribution in [2.75, 3.05) is 36.8 Å². The van der Waals surface area contributed by atoms with E-state index in [0.717, 1.165) is 26.1 Å². The summed E-state index contributed by atoms with van der Waals surface area (Å²) in [5.74, 6) is 0.830. The molecule has 1 amide bonds. The van der Waals surface area contributed by atoms with Gasteiger partial charge in [0, 0.05) is 33.1 Å². The van der Waals surface area contributed by atoms with Crippen LogP contribution in [0.25, 0.3) is 0 Å². The molecule has 98 valence electrons. The van der Waals surface area contributed by atoms with Crippen LogP contribution in [0, 0.1) is 0 Å². The molecular formula is C12H17ClN4O. The van der Waals surface area contributed by atoms with Gasteiger partial charge >= 0.3 is 0 Å². The number of anilines is 2. The van der Waals surface area contributed by atoms with Crippen LogP contribution in [0.5, 0.6) is 0 Å². The third kappa shape index (κ3) is 2.85. The summed E-state index contributed by atoms with van der Waals surface area (Å²) < 4.78 is 0. The van der Waals surface area contributed by atoms with Crippen molar-refractivity contribution in [3.05, 3.63) is 17.3 Å². The Hall–Kier alpha value is -1.49. The van der Waals surface area contributed by atoms with Crippen molar-refractivity contribution in [1.82, 2.24) is 9.88 Å². The average molecular weight is 269 g/mol. The van der Waals surface area contributed by atoms with Gasteiger partial charge in [0.1, 0.15) is 5.15 Å². The van der Waals surface area contributed by atoms with E-state index in [1.165, 1.54) is 0 Å². The average Bonchev–Trinajstić information content (AvgIpc) is 2.58. The zero-order valence-corrected chi connectivity index (χ0v) is 11.2. The van der Waals surface area contributed by atoms with E-state index in [0.29, 0.717) is 23.2 Å². The maximum Gasteiger partial charge on any atom is 0.219 e. The van der Waals surface area contributed by atoms with Gasteiger partial charge in [0.25, 0.3) is 0 Å². The summed E-state index contributed by atoms with van der Waals surface area (Å²) in [6, 6.07) is 3.44. The molecule has 0 unspecified atom stereocenters. The number of aromatic nitrogens is 1. The van der Waals surface area contributed by atoms with Gasteiger partial charge in [-0.1, -0.05) is 11.6 Å². The number of halogens is 1. The van der Waals surface area contributed by atoms with E-state index in [4.69, 9.17) is 17.3 Å². The fourth-order valence-electron chi connectivity index (χ4n) is 2.13. The molecule has 1 saturated heterocycles. The van der Waals surface area contributed by atoms with Crippen molar-refractivity contribution in [2.45, 2.75) is 13.3 Å². The Morgan fingerprint density at radius 2 is 2.11 bits per heavy atom. The van der Waals surface area contributed by atoms with Gasteiger partial charge in [-0.25, -0.2) is 4.98 Å². The van der Waals surface area contributed by atoms with Crippen molar-refractivity contribution in [3.63, 3.8) is 0 Å². The van der Waals surface area contributed by atoms with E-state index in [2.05, 4.69) is 9.88 Å². The number of nitrogen functional groups attached to an aromatic ring is 1. The smallest absolute Gasteiger partial charge is 0.219 e. The van der Waals surface area contributed by atoms with Gasteiger partial charge in [-0.3, -0.25) is 4.79 Å². The molecule has 1 aliphatic rings. The number of nitrogens with zero attached hydrogens (tertiary/aromatic N) is 3. The summed E-state index contributed by atoms with van der Waals surface area (Å²) in [4.78, 5) is 19.6. The first-order valence-corrected chi connectivity index (χ1v) is 6.38. The fraction of sp³-hybridized carbons (Fsp3) is 0.500. The molecule has 0 bridgehead atoms. The Bertz CT molecular complexity index is 452. The zero-order chi connectivity index (χ0) is 13.1. The number of carbonyl (C=O) groups excluding carboxylic acids is 1. The van der Waals surface area contributed by atoms with Crippen molar-refractivity contribution >= 4 is 29.0 Å². The quantitative estimate of drug-likeness (QED) is 0.782. The molecule has 1 fully saturated rings. The van der Waals surface area contributed by atoms with Gasteiger partial charge < -0.3 is 15.5 Å². The van der Waals surface area contributed by atoms with Crippen LogP contribution in [0.3, 0.4) is 0 Å². The number of amides is 1. The van der Waals surface area contributed by atoms with Gasteiger partial charge in [0.05, 0.1) is 5.69 Å². The molecule has 18 heavy (non-hydrogen) atoms. The fourth-order valence-corrected chi connectivity index (χ4v) is 2.28. The minimum atomic E-state index is 0.115. The highest BCUT2D eigenvalue weighted by atomic mass is 35.5. The maximum absolute atomic E-state index is 11.4. The van der Waals surface area contributed by atoms with Crippen molar-refractivity contribution in [3.8, 4) is 0 Å². The highest BCUT2D eigenvalue weighted by molar-refractivity contribution is 6.29. The first-order chi connectivity index (χ1) is 8.58. The third-order valence-corrected chi connectivity index (χ3v) is 3.32. The minimum Gasteiger partial charge on any atom is -0.396 e. The lowest BCUT2D eigenvalue weighted by molar-refractivity contribution is -0.128. The zero-order valence-electron chi connectivity index (χ0n) is 10.4. The molecule has 1 aliphatic heterocycles. The number of rotatable bonds is 1. The Kier molecular flexibility index (Phi) is 3.91. The molecule has 2 rings (SSSR count). The standard InChI is InChI=1S/C12H17ClN4O/c1-9(18)16-5-2-6-17(8-7-16)12-10(14)3-4-11(13)15-12/h3-4H,2,5-8,14H2,1H3. The molecule has 0 spiro atoms. The second kappa shape index (κ2) is 5.44. The number of hydrogen-bond acceptors (Lipinski definition) is 4. The van der Waals surface area contributed by atoms with Crippen molar-refractivity contribution < 1.29 is 4.79 Å². The van der Waals surface area contributed by atoms with E-state index in [1.54, 1.807) is 19.1 Å². The molecule has 0 atom stereocenters. The molecule has 2 heterocycles. The monoisotopic (exact) mass is 268 g/mol. The van der Waals surface area contributed by atoms with Crippen LogP contribution in [0.2, 0.25) is 5.15 Å². The van der Waals surface area contributed by atoms with Crippen LogP contribution in [0.15, 0.2) is 12.1 Å². The molecule has 0 radical (unpaired) electrons. The second-order valence-electron chi connectivity index (χ2n) is 4.39. The predicted octanol–water partition coefficient (Wildman–Crippen LogP) is 1.38. The molecular weight excluding hydrogens is 252 g/mol. The van der Waals surface area contributed by atoms with Crippen LogP contribution in [-0.2, 0) is 4.79 Å². The van der Waals surface area contributed by atoms with Crippen molar-refractivity contribution in [1.29, 1.82) is 0 Å². The summed E-state index contributed by atoms with van der Waals surface area (Å²) in [5.41, 5.74) is 6.54. The van der Waals surface area contributed by atoms with Crippen LogP contribution >= 0.6 is 11.6 Å². The van der Waals surface area contributed by atoms with E-state index in [1.807, 2.05) is 4.90 Å². The summed E-state index contributed by atoms with van der Waals surface area (Å²) in [7, 11) is 0. The van der Waals surface area contributed by atoms with Crippen LogP contribution in [-0.4, -0.2) is 42.0 Å². The minimum absolute atomic E-state index is 0.115. The van der Waals surface area contributed by atoms with E-state index in [-0.39, 0.29) is 5.91 Å². The largest absolute Gasteiger partial charge is 0.396 e. The molecule has 1 aromatic heterocycles. The first kappa shape index (κ1) is 13.0. The summed E-state index contributed by atoms with van der Waals surface area (Å²) in [6.45, 7) is 4.65. The van der Waals surface area contributed by atoms with Gasteiger partial charge in [-0.15, -0.1) is 0 Å². The topological polar surface area (TPSA) is 62.5 Å². The molecule has 0 aromatic carbocycles. The summed E-state index contributed by atoms with van der Waals surface area (Å²) in [6.07, 6.45) is 0.910. The Labute approximate surface area is 112 Å². The van der Waals surface area contributed by atoms with E-state index < -0.39 is 0 Å². The highest BCUT2D eigenvalue weighted by Crippen LogP contribution is 2.23. The van der Waals surface area contributed by atoms with Crippen LogP contribution in [0.1, 0.15) is 13.3 Å². The molecule has 0 saturated carbocycles. The summed E-state index contributed by atoms with van der Waals surface area (Å²) >= 11 is 5.90. The summed E-state index contributed by atoms with van der Waals surface area (Å²) in [5, 5.41) is 0.437. The van der Waals surface area contributed by atoms with Crippen LogP contribution < -0.4 is 10.6 Å². The normalized spacial score (nSPS) is 16.6. The second-order valence-corrected chi connectivity index (χ2v) is 4.78. The molecule has 0 aliphatic carbocycles. The van der Waals surface area contributed by atoms with Gasteiger partial charge in [-0.05, 0) is 18.6 Å². The highest BCUT2D eigenvalue weighted by Gasteiger charge is 2.19. The van der Waals surface area contributed by atoms with E-state index >= 15 is 0 Å². The molecule has 5 nitrogen and oxygen atoms in total. The number of nitrogens with two attached hydrogens (primary N) is 1. The Balaban J connectivity index is 2.14. The number of hydrogen-bond donors (Lipinski definition) is 1. The SMILES string of the molecule is CC(=O)N1CCCN(c2nc(Cl)ccc2N)CC1. The molecule has 6 heteroatoms. The van der Waals surface area contributed by atoms with Crippen LogP contribution in [0.4, 0.5) is 11.5 Å². The lowest BCUT2D eigenvalue weighted by Gasteiger charge is -2.23. The Morgan fingerprint density at radius 1 is 1.33 bits per heavy atom. The molecule has 1 aromatic rings. The van der Waals surface area contributed by atoms with Gasteiger partial charge in [0.15, 0.2) is 5.82 Å². The number of pyridine rings is 1. The third-order valence-electron chi connectivity index (χ3n) is 3.11.